The van der Waals surface area contributed by atoms with Crippen molar-refractivity contribution in [3.63, 3.8) is 0 Å². The molecule has 2 aromatic carbocycles. The number of nitrogens with zero attached hydrogens (tertiary/aromatic N) is 1. The fourth-order valence-electron chi connectivity index (χ4n) is 2.95. The molecule has 0 spiro atoms. The Labute approximate surface area is 167 Å². The summed E-state index contributed by atoms with van der Waals surface area (Å²) in [5, 5.41) is 3.59. The van der Waals surface area contributed by atoms with Crippen LogP contribution in [0, 0.1) is 5.92 Å². The number of carbonyl (C=O) groups excluding carboxylic acids is 2. The number of methoxy groups -OCH3 is 2. The maximum atomic E-state index is 12.6. The highest BCUT2D eigenvalue weighted by molar-refractivity contribution is 6.35. The van der Waals surface area contributed by atoms with E-state index in [4.69, 9.17) is 32.7 Å². The highest BCUT2D eigenvalue weighted by Gasteiger charge is 2.35. The molecule has 6 nitrogen and oxygen atoms in total. The van der Waals surface area contributed by atoms with Gasteiger partial charge in [-0.05, 0) is 30.3 Å². The fourth-order valence-corrected chi connectivity index (χ4v) is 3.29. The van der Waals surface area contributed by atoms with Crippen LogP contribution in [0.5, 0.6) is 11.5 Å². The normalized spacial score (nSPS) is 16.4. The SMILES string of the molecule is COc1ccc(N2CC(C(=O)Nc3cc(Cl)ccc3Cl)CC2=O)cc1OC. The van der Waals surface area contributed by atoms with Gasteiger partial charge in [-0.15, -0.1) is 0 Å². The lowest BCUT2D eigenvalue weighted by Gasteiger charge is -2.18. The zero-order valence-corrected chi connectivity index (χ0v) is 16.3. The standard InChI is InChI=1S/C19H18Cl2N2O4/c1-26-16-6-4-13(9-17(16)27-2)23-10-11(7-18(23)24)19(25)22-15-8-12(20)3-5-14(15)21/h3-6,8-9,11H,7,10H2,1-2H3,(H,22,25). The Morgan fingerprint density at radius 2 is 1.85 bits per heavy atom. The van der Waals surface area contributed by atoms with E-state index in [1.807, 2.05) is 0 Å². The highest BCUT2D eigenvalue weighted by Crippen LogP contribution is 2.34. The van der Waals surface area contributed by atoms with Gasteiger partial charge in [0.1, 0.15) is 0 Å². The molecule has 2 amide bonds. The van der Waals surface area contributed by atoms with Gasteiger partial charge >= 0.3 is 0 Å². The van der Waals surface area contributed by atoms with E-state index in [1.54, 1.807) is 48.4 Å². The quantitative estimate of drug-likeness (QED) is 0.811. The molecule has 27 heavy (non-hydrogen) atoms. The lowest BCUT2D eigenvalue weighted by molar-refractivity contribution is -0.122. The number of nitrogens with one attached hydrogen (secondary N) is 1. The molecule has 0 bridgehead atoms. The zero-order chi connectivity index (χ0) is 19.6. The average molecular weight is 409 g/mol. The Kier molecular flexibility index (Phi) is 5.77. The fraction of sp³-hybridized carbons (Fsp3) is 0.263. The first-order chi connectivity index (χ1) is 12.9. The number of ether oxygens (including phenoxy) is 2. The molecule has 0 saturated carbocycles. The Bertz CT molecular complexity index is 888. The molecule has 8 heteroatoms. The van der Waals surface area contributed by atoms with Crippen LogP contribution in [0.15, 0.2) is 36.4 Å². The molecule has 3 rings (SSSR count). The predicted molar refractivity (Wildman–Crippen MR) is 105 cm³/mol. The number of amides is 2. The summed E-state index contributed by atoms with van der Waals surface area (Å²) in [5.74, 6) is 0.162. The lowest BCUT2D eigenvalue weighted by Crippen LogP contribution is -2.28. The first-order valence-electron chi connectivity index (χ1n) is 8.21. The molecule has 1 fully saturated rings. The van der Waals surface area contributed by atoms with E-state index >= 15 is 0 Å². The van der Waals surface area contributed by atoms with Crippen LogP contribution < -0.4 is 19.7 Å². The molecule has 1 atom stereocenters. The van der Waals surface area contributed by atoms with Crippen LogP contribution in [0.3, 0.4) is 0 Å². The minimum absolute atomic E-state index is 0.109. The monoisotopic (exact) mass is 408 g/mol. The molecular formula is C19H18Cl2N2O4. The van der Waals surface area contributed by atoms with Gasteiger partial charge in [-0.3, -0.25) is 9.59 Å². The average Bonchev–Trinajstić information content (AvgIpc) is 3.06. The van der Waals surface area contributed by atoms with E-state index in [2.05, 4.69) is 5.32 Å². The summed E-state index contributed by atoms with van der Waals surface area (Å²) < 4.78 is 10.5. The smallest absolute Gasteiger partial charge is 0.229 e. The molecule has 0 aromatic heterocycles. The predicted octanol–water partition coefficient (Wildman–Crippen LogP) is 4.00. The molecule has 1 aliphatic heterocycles. The highest BCUT2D eigenvalue weighted by atomic mass is 35.5. The van der Waals surface area contributed by atoms with E-state index in [0.29, 0.717) is 32.9 Å². The summed E-state index contributed by atoms with van der Waals surface area (Å²) in [6, 6.07) is 10.0. The number of hydrogen-bond acceptors (Lipinski definition) is 4. The van der Waals surface area contributed by atoms with Gasteiger partial charge in [0, 0.05) is 29.7 Å². The Morgan fingerprint density at radius 1 is 1.11 bits per heavy atom. The van der Waals surface area contributed by atoms with Crippen LogP contribution in [0.1, 0.15) is 6.42 Å². The van der Waals surface area contributed by atoms with Crippen molar-refractivity contribution in [3.05, 3.63) is 46.4 Å². The Balaban J connectivity index is 1.75. The van der Waals surface area contributed by atoms with Gasteiger partial charge in [-0.25, -0.2) is 0 Å². The minimum atomic E-state index is -0.499. The zero-order valence-electron chi connectivity index (χ0n) is 14.8. The van der Waals surface area contributed by atoms with Crippen molar-refractivity contribution < 1.29 is 19.1 Å². The third-order valence-electron chi connectivity index (χ3n) is 4.36. The van der Waals surface area contributed by atoms with Crippen molar-refractivity contribution in [2.45, 2.75) is 6.42 Å². The van der Waals surface area contributed by atoms with Crippen LogP contribution in [-0.4, -0.2) is 32.6 Å². The van der Waals surface area contributed by atoms with Gasteiger partial charge in [0.15, 0.2) is 11.5 Å². The number of rotatable bonds is 5. The van der Waals surface area contributed by atoms with Gasteiger partial charge in [-0.1, -0.05) is 23.2 Å². The van der Waals surface area contributed by atoms with Crippen molar-refractivity contribution in [2.24, 2.45) is 5.92 Å². The molecule has 2 aromatic rings. The number of carbonyl (C=O) groups is 2. The molecule has 1 unspecified atom stereocenters. The molecule has 1 N–H and O–H groups in total. The van der Waals surface area contributed by atoms with Crippen molar-refractivity contribution in [1.82, 2.24) is 0 Å². The van der Waals surface area contributed by atoms with Crippen molar-refractivity contribution in [2.75, 3.05) is 31.0 Å². The summed E-state index contributed by atoms with van der Waals surface area (Å²) in [5.41, 5.74) is 1.07. The van der Waals surface area contributed by atoms with Gasteiger partial charge in [0.25, 0.3) is 0 Å². The van der Waals surface area contributed by atoms with Crippen molar-refractivity contribution >= 4 is 46.4 Å². The number of halogens is 2. The maximum absolute atomic E-state index is 12.6. The van der Waals surface area contributed by atoms with Crippen molar-refractivity contribution in [3.8, 4) is 11.5 Å². The Morgan fingerprint density at radius 3 is 2.56 bits per heavy atom. The second-order valence-electron chi connectivity index (χ2n) is 6.06. The largest absolute Gasteiger partial charge is 0.493 e. The lowest BCUT2D eigenvalue weighted by atomic mass is 10.1. The van der Waals surface area contributed by atoms with Crippen LogP contribution in [-0.2, 0) is 9.59 Å². The molecule has 142 valence electrons. The molecule has 1 heterocycles. The van der Waals surface area contributed by atoms with Crippen LogP contribution in [0.2, 0.25) is 10.0 Å². The van der Waals surface area contributed by atoms with E-state index in [0.717, 1.165) is 0 Å². The molecule has 0 aliphatic carbocycles. The number of benzene rings is 2. The van der Waals surface area contributed by atoms with Crippen LogP contribution in [0.4, 0.5) is 11.4 Å². The third-order valence-corrected chi connectivity index (χ3v) is 4.93. The van der Waals surface area contributed by atoms with E-state index < -0.39 is 5.92 Å². The molecule has 1 aliphatic rings. The molecule has 1 saturated heterocycles. The van der Waals surface area contributed by atoms with E-state index in [9.17, 15) is 9.59 Å². The topological polar surface area (TPSA) is 67.9 Å². The number of anilines is 2. The van der Waals surface area contributed by atoms with E-state index in [1.165, 1.54) is 7.11 Å². The molecular weight excluding hydrogens is 391 g/mol. The van der Waals surface area contributed by atoms with Crippen molar-refractivity contribution in [1.29, 1.82) is 0 Å². The third kappa shape index (κ3) is 4.12. The summed E-state index contributed by atoms with van der Waals surface area (Å²) in [6.07, 6.45) is 0.109. The van der Waals surface area contributed by atoms with Gasteiger partial charge in [-0.2, -0.15) is 0 Å². The van der Waals surface area contributed by atoms with Crippen LogP contribution >= 0.6 is 23.2 Å². The molecule has 0 radical (unpaired) electrons. The first-order valence-corrected chi connectivity index (χ1v) is 8.97. The van der Waals surface area contributed by atoms with Gasteiger partial charge in [0.05, 0.1) is 30.8 Å². The summed E-state index contributed by atoms with van der Waals surface area (Å²) >= 11 is 12.0. The summed E-state index contributed by atoms with van der Waals surface area (Å²) in [7, 11) is 3.07. The number of hydrogen-bond donors (Lipinski definition) is 1. The van der Waals surface area contributed by atoms with Crippen LogP contribution in [0.25, 0.3) is 0 Å². The Hall–Kier alpha value is -2.44. The summed E-state index contributed by atoms with van der Waals surface area (Å²) in [6.45, 7) is 0.262. The summed E-state index contributed by atoms with van der Waals surface area (Å²) in [4.78, 5) is 26.6. The first kappa shape index (κ1) is 19.3. The van der Waals surface area contributed by atoms with Gasteiger partial charge < -0.3 is 19.7 Å². The van der Waals surface area contributed by atoms with Gasteiger partial charge in [0.2, 0.25) is 11.8 Å². The minimum Gasteiger partial charge on any atom is -0.493 e. The van der Waals surface area contributed by atoms with E-state index in [-0.39, 0.29) is 24.8 Å². The second-order valence-corrected chi connectivity index (χ2v) is 6.90. The second kappa shape index (κ2) is 8.06. The maximum Gasteiger partial charge on any atom is 0.229 e.